The zero-order valence-electron chi connectivity index (χ0n) is 14.8. The summed E-state index contributed by atoms with van der Waals surface area (Å²) in [7, 11) is 0. The second kappa shape index (κ2) is 4.34. The van der Waals surface area contributed by atoms with Gasteiger partial charge in [-0.05, 0) is 80.5 Å². The topological polar surface area (TPSA) is 49.7 Å². The Kier molecular flexibility index (Phi) is 2.86. The minimum atomic E-state index is -0.683. The highest BCUT2D eigenvalue weighted by Gasteiger charge is 2.76. The molecule has 2 N–H and O–H groups in total. The van der Waals surface area contributed by atoms with Crippen LogP contribution in [0, 0.1) is 40.9 Å². The number of aliphatic hydroxyl groups is 2. The molecule has 7 rings (SSSR count). The van der Waals surface area contributed by atoms with Crippen molar-refractivity contribution in [3.8, 4) is 0 Å². The van der Waals surface area contributed by atoms with Crippen LogP contribution < -0.4 is 0 Å². The molecule has 5 atom stereocenters. The molecule has 3 nitrogen and oxygen atoms in total. The van der Waals surface area contributed by atoms with Gasteiger partial charge in [-0.3, -0.25) is 0 Å². The predicted molar refractivity (Wildman–Crippen MR) is 87.5 cm³/mol. The van der Waals surface area contributed by atoms with Gasteiger partial charge in [-0.1, -0.05) is 20.8 Å². The Morgan fingerprint density at radius 1 is 1.00 bits per heavy atom. The van der Waals surface area contributed by atoms with Gasteiger partial charge in [0.2, 0.25) is 0 Å². The Bertz CT molecular complexity index is 503. The van der Waals surface area contributed by atoms with Crippen LogP contribution in [0.3, 0.4) is 0 Å². The van der Waals surface area contributed by atoms with Gasteiger partial charge in [0.15, 0.2) is 6.29 Å². The van der Waals surface area contributed by atoms with E-state index in [1.165, 1.54) is 25.7 Å². The molecule has 7 fully saturated rings. The summed E-state index contributed by atoms with van der Waals surface area (Å²) in [4.78, 5) is 0. The van der Waals surface area contributed by atoms with E-state index in [-0.39, 0.29) is 11.0 Å². The van der Waals surface area contributed by atoms with Crippen molar-refractivity contribution in [2.75, 3.05) is 0 Å². The Labute approximate surface area is 139 Å². The van der Waals surface area contributed by atoms with E-state index in [0.29, 0.717) is 35.5 Å². The van der Waals surface area contributed by atoms with E-state index in [9.17, 15) is 10.2 Å². The monoisotopic (exact) mass is 320 g/mol. The normalized spacial score (nSPS) is 57.3. The summed E-state index contributed by atoms with van der Waals surface area (Å²) in [5, 5.41) is 22.3. The quantitative estimate of drug-likeness (QED) is 0.781. The first-order chi connectivity index (χ1) is 10.8. The standard InChI is InChI=1S/C20H32O3/c1-4-18(2,3)17(21)23-20-10-12-5-13-15(20)7-11-8-16(20)14(6-12)19(13,22)9-11/h11-17,21-22H,4-10H2,1-3H3/t11?,12?,13?,14?,15?,16?,17-,19?,20?/m1/s1. The Balaban J connectivity index is 1.54. The van der Waals surface area contributed by atoms with E-state index < -0.39 is 11.9 Å². The maximum absolute atomic E-state index is 11.5. The molecule has 0 spiro atoms. The lowest BCUT2D eigenvalue weighted by Gasteiger charge is -2.76. The summed E-state index contributed by atoms with van der Waals surface area (Å²) in [6.45, 7) is 6.35. The molecule has 0 aromatic carbocycles. The zero-order valence-corrected chi connectivity index (χ0v) is 14.8. The fourth-order valence-electron chi connectivity index (χ4n) is 7.64. The number of aliphatic hydroxyl groups excluding tert-OH is 1. The summed E-state index contributed by atoms with van der Waals surface area (Å²) < 4.78 is 6.63. The fourth-order valence-corrected chi connectivity index (χ4v) is 7.64. The largest absolute Gasteiger partial charge is 0.389 e. The fraction of sp³-hybridized carbons (Fsp3) is 1.00. The highest BCUT2D eigenvalue weighted by Crippen LogP contribution is 2.75. The second-order valence-electron chi connectivity index (χ2n) is 10.3. The molecular formula is C20H32O3. The van der Waals surface area contributed by atoms with Crippen LogP contribution in [-0.2, 0) is 4.74 Å². The van der Waals surface area contributed by atoms with Gasteiger partial charge in [-0.25, -0.2) is 0 Å². The van der Waals surface area contributed by atoms with E-state index in [0.717, 1.165) is 19.3 Å². The molecule has 0 aromatic rings. The van der Waals surface area contributed by atoms with Crippen molar-refractivity contribution in [3.63, 3.8) is 0 Å². The third-order valence-electron chi connectivity index (χ3n) is 8.99. The molecular weight excluding hydrogens is 288 g/mol. The SMILES string of the molecule is CCC(C)(C)[C@H](O)OC12CC3CC4C1CC1CC2C(C3)C4(O)C1. The molecule has 7 saturated carbocycles. The number of rotatable bonds is 4. The van der Waals surface area contributed by atoms with Crippen molar-refractivity contribution in [2.24, 2.45) is 40.9 Å². The van der Waals surface area contributed by atoms with Crippen molar-refractivity contribution < 1.29 is 14.9 Å². The molecule has 0 radical (unpaired) electrons. The predicted octanol–water partition coefficient (Wildman–Crippen LogP) is 3.33. The molecule has 3 heteroatoms. The van der Waals surface area contributed by atoms with Crippen molar-refractivity contribution in [1.29, 1.82) is 0 Å². The highest BCUT2D eigenvalue weighted by molar-refractivity contribution is 5.25. The maximum Gasteiger partial charge on any atom is 0.160 e. The average Bonchev–Trinajstić information content (AvgIpc) is 2.51. The molecule has 0 aromatic heterocycles. The molecule has 130 valence electrons. The van der Waals surface area contributed by atoms with Gasteiger partial charge >= 0.3 is 0 Å². The lowest BCUT2D eigenvalue weighted by Crippen LogP contribution is -2.78. The Morgan fingerprint density at radius 3 is 2.09 bits per heavy atom. The Morgan fingerprint density at radius 2 is 1.52 bits per heavy atom. The van der Waals surface area contributed by atoms with Crippen LogP contribution in [0.5, 0.6) is 0 Å². The maximum atomic E-state index is 11.5. The third kappa shape index (κ3) is 1.67. The molecule has 0 aliphatic heterocycles. The van der Waals surface area contributed by atoms with Crippen LogP contribution in [-0.4, -0.2) is 27.7 Å². The molecule has 7 aliphatic rings. The molecule has 7 aliphatic carbocycles. The van der Waals surface area contributed by atoms with Crippen molar-refractivity contribution in [1.82, 2.24) is 0 Å². The molecule has 4 unspecified atom stereocenters. The van der Waals surface area contributed by atoms with E-state index in [2.05, 4.69) is 20.8 Å². The number of hydrogen-bond acceptors (Lipinski definition) is 3. The Hall–Kier alpha value is -0.120. The van der Waals surface area contributed by atoms with Gasteiger partial charge in [0.25, 0.3) is 0 Å². The summed E-state index contributed by atoms with van der Waals surface area (Å²) >= 11 is 0. The average molecular weight is 320 g/mol. The van der Waals surface area contributed by atoms with Crippen LogP contribution in [0.1, 0.15) is 65.7 Å². The molecule has 8 bridgehead atoms. The molecule has 0 heterocycles. The second-order valence-corrected chi connectivity index (χ2v) is 10.3. The summed E-state index contributed by atoms with van der Waals surface area (Å²) in [5.41, 5.74) is -0.728. The summed E-state index contributed by atoms with van der Waals surface area (Å²) in [6.07, 6.45) is 7.27. The van der Waals surface area contributed by atoms with Gasteiger partial charge in [-0.2, -0.15) is 0 Å². The van der Waals surface area contributed by atoms with Crippen molar-refractivity contribution >= 4 is 0 Å². The first-order valence-corrected chi connectivity index (χ1v) is 9.88. The molecule has 23 heavy (non-hydrogen) atoms. The van der Waals surface area contributed by atoms with Crippen molar-refractivity contribution in [2.45, 2.75) is 83.2 Å². The van der Waals surface area contributed by atoms with Crippen molar-refractivity contribution in [3.05, 3.63) is 0 Å². The number of hydrogen-bond donors (Lipinski definition) is 2. The van der Waals surface area contributed by atoms with Crippen LogP contribution in [0.2, 0.25) is 0 Å². The van der Waals surface area contributed by atoms with Gasteiger partial charge < -0.3 is 14.9 Å². The number of ether oxygens (including phenoxy) is 1. The highest BCUT2D eigenvalue weighted by atomic mass is 16.6. The van der Waals surface area contributed by atoms with Crippen LogP contribution in [0.25, 0.3) is 0 Å². The zero-order chi connectivity index (χ0) is 16.2. The molecule has 0 saturated heterocycles. The van der Waals surface area contributed by atoms with Gasteiger partial charge in [0, 0.05) is 5.41 Å². The van der Waals surface area contributed by atoms with Crippen LogP contribution >= 0.6 is 0 Å². The van der Waals surface area contributed by atoms with E-state index in [1.54, 1.807) is 0 Å². The lowest BCUT2D eigenvalue weighted by atomic mass is 9.32. The minimum Gasteiger partial charge on any atom is -0.389 e. The minimum absolute atomic E-state index is 0.133. The van der Waals surface area contributed by atoms with Gasteiger partial charge in [-0.15, -0.1) is 0 Å². The smallest absolute Gasteiger partial charge is 0.160 e. The lowest BCUT2D eigenvalue weighted by molar-refractivity contribution is -0.383. The van der Waals surface area contributed by atoms with Crippen LogP contribution in [0.4, 0.5) is 0 Å². The first-order valence-electron chi connectivity index (χ1n) is 9.88. The summed E-state index contributed by atoms with van der Waals surface area (Å²) in [5.74, 6) is 3.25. The third-order valence-corrected chi connectivity index (χ3v) is 8.99. The van der Waals surface area contributed by atoms with Gasteiger partial charge in [0.05, 0.1) is 11.2 Å². The van der Waals surface area contributed by atoms with E-state index >= 15 is 0 Å². The van der Waals surface area contributed by atoms with E-state index in [1.807, 2.05) is 0 Å². The summed E-state index contributed by atoms with van der Waals surface area (Å²) in [6, 6.07) is 0. The first kappa shape index (κ1) is 15.2. The van der Waals surface area contributed by atoms with E-state index in [4.69, 9.17) is 4.74 Å². The molecule has 0 amide bonds. The van der Waals surface area contributed by atoms with Crippen LogP contribution in [0.15, 0.2) is 0 Å². The van der Waals surface area contributed by atoms with Gasteiger partial charge in [0.1, 0.15) is 0 Å².